The molecule has 0 fully saturated rings. The molecule has 124 valence electrons. The third-order valence-corrected chi connectivity index (χ3v) is 3.43. The van der Waals surface area contributed by atoms with Crippen molar-refractivity contribution in [2.75, 3.05) is 6.61 Å². The Kier molecular flexibility index (Phi) is 6.17. The molecular weight excluding hydrogens is 355 g/mol. The number of rotatable bonds is 4. The molecule has 0 aliphatic carbocycles. The van der Waals surface area contributed by atoms with Gasteiger partial charge in [-0.05, 0) is 36.4 Å². The number of carbonyl (C=O) groups excluding carboxylic acids is 3. The van der Waals surface area contributed by atoms with Crippen molar-refractivity contribution in [2.45, 2.75) is 0 Å². The van der Waals surface area contributed by atoms with Gasteiger partial charge in [0.05, 0.1) is 10.6 Å². The van der Waals surface area contributed by atoms with Crippen LogP contribution in [0.1, 0.15) is 20.7 Å². The molecule has 0 aromatic heterocycles. The number of halogens is 2. The fraction of sp³-hybridized carbons (Fsp3) is 0.0625. The van der Waals surface area contributed by atoms with Gasteiger partial charge >= 0.3 is 5.97 Å². The summed E-state index contributed by atoms with van der Waals surface area (Å²) in [5, 5.41) is 0.709. The van der Waals surface area contributed by atoms with Gasteiger partial charge in [-0.15, -0.1) is 0 Å². The summed E-state index contributed by atoms with van der Waals surface area (Å²) in [5.74, 6) is -1.96. The number of esters is 1. The van der Waals surface area contributed by atoms with Crippen molar-refractivity contribution >= 4 is 41.0 Å². The summed E-state index contributed by atoms with van der Waals surface area (Å²) in [6, 6.07) is 12.4. The highest BCUT2D eigenvalue weighted by molar-refractivity contribution is 6.33. The maximum Gasteiger partial charge on any atom is 0.340 e. The molecule has 2 aromatic rings. The maximum absolute atomic E-state index is 11.8. The molecular formula is C16H12Cl2N2O4. The Morgan fingerprint density at radius 1 is 0.917 bits per heavy atom. The first-order valence-electron chi connectivity index (χ1n) is 6.74. The van der Waals surface area contributed by atoms with Crippen LogP contribution < -0.4 is 10.9 Å². The van der Waals surface area contributed by atoms with Gasteiger partial charge in [0.1, 0.15) is 0 Å². The van der Waals surface area contributed by atoms with E-state index in [1.807, 2.05) is 0 Å². The molecule has 0 aliphatic heterocycles. The van der Waals surface area contributed by atoms with Crippen molar-refractivity contribution in [2.24, 2.45) is 0 Å². The molecule has 2 rings (SSSR count). The molecule has 0 bridgehead atoms. The molecule has 0 aliphatic rings. The highest BCUT2D eigenvalue weighted by atomic mass is 35.5. The Bertz CT molecular complexity index is 763. The second-order valence-electron chi connectivity index (χ2n) is 4.57. The molecule has 0 heterocycles. The number of amides is 2. The Hall–Kier alpha value is -2.57. The van der Waals surface area contributed by atoms with E-state index < -0.39 is 24.4 Å². The maximum atomic E-state index is 11.8. The normalized spacial score (nSPS) is 9.92. The molecule has 8 heteroatoms. The van der Waals surface area contributed by atoms with Crippen LogP contribution in [0.15, 0.2) is 48.5 Å². The Balaban J connectivity index is 1.79. The van der Waals surface area contributed by atoms with Gasteiger partial charge in [-0.2, -0.15) is 0 Å². The molecule has 6 nitrogen and oxygen atoms in total. The quantitative estimate of drug-likeness (QED) is 0.643. The summed E-state index contributed by atoms with van der Waals surface area (Å²) in [5.41, 5.74) is 4.79. The van der Waals surface area contributed by atoms with Crippen LogP contribution in [0.5, 0.6) is 0 Å². The average molecular weight is 367 g/mol. The van der Waals surface area contributed by atoms with Gasteiger partial charge in [0, 0.05) is 10.6 Å². The average Bonchev–Trinajstić information content (AvgIpc) is 2.58. The summed E-state index contributed by atoms with van der Waals surface area (Å²) in [4.78, 5) is 35.1. The van der Waals surface area contributed by atoms with Crippen molar-refractivity contribution in [1.82, 2.24) is 10.9 Å². The number of ether oxygens (including phenoxy) is 1. The number of hydrogen-bond acceptors (Lipinski definition) is 4. The largest absolute Gasteiger partial charge is 0.452 e. The summed E-state index contributed by atoms with van der Waals surface area (Å²) in [6.07, 6.45) is 0. The van der Waals surface area contributed by atoms with Crippen molar-refractivity contribution in [3.05, 3.63) is 69.7 Å². The summed E-state index contributed by atoms with van der Waals surface area (Å²) in [6.45, 7) is -0.565. The molecule has 24 heavy (non-hydrogen) atoms. The minimum Gasteiger partial charge on any atom is -0.452 e. The fourth-order valence-electron chi connectivity index (χ4n) is 1.67. The lowest BCUT2D eigenvalue weighted by Crippen LogP contribution is -2.43. The molecule has 2 amide bonds. The van der Waals surface area contributed by atoms with E-state index in [9.17, 15) is 14.4 Å². The minimum atomic E-state index is -0.736. The van der Waals surface area contributed by atoms with Gasteiger partial charge in [-0.25, -0.2) is 4.79 Å². The number of hydrazine groups is 1. The number of nitrogens with one attached hydrogen (secondary N) is 2. The van der Waals surface area contributed by atoms with E-state index >= 15 is 0 Å². The van der Waals surface area contributed by atoms with Crippen LogP contribution in [-0.2, 0) is 9.53 Å². The van der Waals surface area contributed by atoms with Gasteiger partial charge in [-0.1, -0.05) is 35.3 Å². The third kappa shape index (κ3) is 4.97. The third-order valence-electron chi connectivity index (χ3n) is 2.85. The van der Waals surface area contributed by atoms with Crippen molar-refractivity contribution in [3.8, 4) is 0 Å². The summed E-state index contributed by atoms with van der Waals surface area (Å²) >= 11 is 11.6. The highest BCUT2D eigenvalue weighted by Gasteiger charge is 2.13. The molecule has 0 spiro atoms. The van der Waals surface area contributed by atoms with Crippen molar-refractivity contribution in [3.63, 3.8) is 0 Å². The van der Waals surface area contributed by atoms with Crippen LogP contribution in [0.25, 0.3) is 0 Å². The van der Waals surface area contributed by atoms with E-state index in [1.165, 1.54) is 24.3 Å². The predicted octanol–water partition coefficient (Wildman–Crippen LogP) is 2.61. The minimum absolute atomic E-state index is 0.150. The first kappa shape index (κ1) is 17.8. The fourth-order valence-corrected chi connectivity index (χ4v) is 2.01. The van der Waals surface area contributed by atoms with Gasteiger partial charge < -0.3 is 4.74 Å². The zero-order valence-electron chi connectivity index (χ0n) is 12.2. The molecule has 0 saturated heterocycles. The van der Waals surface area contributed by atoms with Gasteiger partial charge in [0.2, 0.25) is 0 Å². The Morgan fingerprint density at radius 3 is 2.25 bits per heavy atom. The standard InChI is InChI=1S/C16H12Cl2N2O4/c17-11-7-5-10(6-8-11)15(22)20-19-14(21)9-24-16(23)12-3-1-2-4-13(12)18/h1-8H,9H2,(H,19,21)(H,20,22). The van der Waals surface area contributed by atoms with Crippen molar-refractivity contribution in [1.29, 1.82) is 0 Å². The van der Waals surface area contributed by atoms with E-state index in [0.29, 0.717) is 10.6 Å². The molecule has 0 unspecified atom stereocenters. The first-order valence-corrected chi connectivity index (χ1v) is 7.49. The number of carbonyl (C=O) groups is 3. The van der Waals surface area contributed by atoms with Crippen LogP contribution in [0.4, 0.5) is 0 Å². The number of benzene rings is 2. The topological polar surface area (TPSA) is 84.5 Å². The van der Waals surface area contributed by atoms with E-state index in [-0.39, 0.29) is 10.6 Å². The zero-order chi connectivity index (χ0) is 17.5. The second kappa shape index (κ2) is 8.33. The van der Waals surface area contributed by atoms with Gasteiger partial charge in [0.15, 0.2) is 6.61 Å². The van der Waals surface area contributed by atoms with Gasteiger partial charge in [0.25, 0.3) is 11.8 Å². The van der Waals surface area contributed by atoms with E-state index in [4.69, 9.17) is 27.9 Å². The lowest BCUT2D eigenvalue weighted by molar-refractivity contribution is -0.125. The molecule has 2 aromatic carbocycles. The van der Waals surface area contributed by atoms with Crippen LogP contribution in [0.3, 0.4) is 0 Å². The molecule has 0 saturated carbocycles. The molecule has 0 radical (unpaired) electrons. The summed E-state index contributed by atoms with van der Waals surface area (Å²) in [7, 11) is 0. The lowest BCUT2D eigenvalue weighted by Gasteiger charge is -2.08. The lowest BCUT2D eigenvalue weighted by atomic mass is 10.2. The van der Waals surface area contributed by atoms with Crippen LogP contribution in [0, 0.1) is 0 Å². The van der Waals surface area contributed by atoms with E-state index in [2.05, 4.69) is 10.9 Å². The smallest absolute Gasteiger partial charge is 0.340 e. The second-order valence-corrected chi connectivity index (χ2v) is 5.41. The van der Waals surface area contributed by atoms with Crippen molar-refractivity contribution < 1.29 is 19.1 Å². The van der Waals surface area contributed by atoms with E-state index in [1.54, 1.807) is 24.3 Å². The Morgan fingerprint density at radius 2 is 1.58 bits per heavy atom. The SMILES string of the molecule is O=C(COC(=O)c1ccccc1Cl)NNC(=O)c1ccc(Cl)cc1. The van der Waals surface area contributed by atoms with E-state index in [0.717, 1.165) is 0 Å². The summed E-state index contributed by atoms with van der Waals surface area (Å²) < 4.78 is 4.82. The van der Waals surface area contributed by atoms with Crippen LogP contribution >= 0.6 is 23.2 Å². The highest BCUT2D eigenvalue weighted by Crippen LogP contribution is 2.15. The monoisotopic (exact) mass is 366 g/mol. The zero-order valence-corrected chi connectivity index (χ0v) is 13.7. The molecule has 2 N–H and O–H groups in total. The van der Waals surface area contributed by atoms with Gasteiger partial charge in [-0.3, -0.25) is 20.4 Å². The Labute approximate surface area is 147 Å². The van der Waals surface area contributed by atoms with Crippen LogP contribution in [0.2, 0.25) is 10.0 Å². The molecule has 0 atom stereocenters. The number of hydrogen-bond donors (Lipinski definition) is 2. The first-order chi connectivity index (χ1) is 11.5. The van der Waals surface area contributed by atoms with Crippen LogP contribution in [-0.4, -0.2) is 24.4 Å². The predicted molar refractivity (Wildman–Crippen MR) is 88.8 cm³/mol.